The van der Waals surface area contributed by atoms with Crippen LogP contribution in [0, 0.1) is 5.92 Å². The number of benzene rings is 1. The van der Waals surface area contributed by atoms with Crippen molar-refractivity contribution >= 4 is 5.91 Å². The quantitative estimate of drug-likeness (QED) is 0.847. The van der Waals surface area contributed by atoms with Gasteiger partial charge in [-0.1, -0.05) is 6.07 Å². The second-order valence-electron chi connectivity index (χ2n) is 8.00. The monoisotopic (exact) mass is 383 g/mol. The molecule has 3 heterocycles. The van der Waals surface area contributed by atoms with Crippen LogP contribution in [0.2, 0.25) is 0 Å². The van der Waals surface area contributed by atoms with Crippen LogP contribution in [0.1, 0.15) is 29.5 Å². The van der Waals surface area contributed by atoms with Crippen LogP contribution in [-0.2, 0) is 31.5 Å². The number of primary amides is 1. The summed E-state index contributed by atoms with van der Waals surface area (Å²) in [7, 11) is 1.94. The summed E-state index contributed by atoms with van der Waals surface area (Å²) < 4.78 is 7.82. The molecule has 1 amide bonds. The van der Waals surface area contributed by atoms with Crippen LogP contribution in [-0.4, -0.2) is 51.7 Å². The first-order chi connectivity index (χ1) is 13.6. The number of ether oxygens (including phenoxy) is 1. The van der Waals surface area contributed by atoms with Gasteiger partial charge < -0.3 is 10.5 Å². The van der Waals surface area contributed by atoms with Gasteiger partial charge in [0.1, 0.15) is 12.4 Å². The zero-order valence-electron chi connectivity index (χ0n) is 16.5. The molecular formula is C21H29N5O2. The molecule has 1 fully saturated rings. The van der Waals surface area contributed by atoms with E-state index in [9.17, 15) is 4.79 Å². The van der Waals surface area contributed by atoms with Gasteiger partial charge in [-0.3, -0.25) is 19.3 Å². The fourth-order valence-electron chi connectivity index (χ4n) is 4.24. The Balaban J connectivity index is 1.44. The molecule has 2 aliphatic rings. The van der Waals surface area contributed by atoms with E-state index in [-0.39, 0.29) is 11.8 Å². The van der Waals surface area contributed by atoms with E-state index in [2.05, 4.69) is 39.3 Å². The summed E-state index contributed by atoms with van der Waals surface area (Å²) in [6.07, 6.45) is 5.93. The molecule has 0 saturated carbocycles. The minimum Gasteiger partial charge on any atom is -0.492 e. The fraction of sp³-hybridized carbons (Fsp3) is 0.524. The Hall–Kier alpha value is -2.38. The first-order valence-corrected chi connectivity index (χ1v) is 10.0. The Morgan fingerprint density at radius 3 is 2.89 bits per heavy atom. The largest absolute Gasteiger partial charge is 0.492 e. The van der Waals surface area contributed by atoms with Crippen LogP contribution in [0.4, 0.5) is 0 Å². The van der Waals surface area contributed by atoms with Gasteiger partial charge in [-0.2, -0.15) is 5.10 Å². The van der Waals surface area contributed by atoms with E-state index >= 15 is 0 Å². The lowest BCUT2D eigenvalue weighted by atomic mass is 9.97. The van der Waals surface area contributed by atoms with Crippen LogP contribution in [0.25, 0.3) is 0 Å². The van der Waals surface area contributed by atoms with E-state index in [0.29, 0.717) is 6.61 Å². The molecule has 0 radical (unpaired) electrons. The lowest BCUT2D eigenvalue weighted by molar-refractivity contribution is -0.123. The summed E-state index contributed by atoms with van der Waals surface area (Å²) in [6, 6.07) is 6.49. The van der Waals surface area contributed by atoms with Crippen molar-refractivity contribution in [1.29, 1.82) is 0 Å². The molecule has 1 atom stereocenters. The topological polar surface area (TPSA) is 76.6 Å². The van der Waals surface area contributed by atoms with Gasteiger partial charge in [-0.05, 0) is 37.1 Å². The number of carbonyl (C=O) groups is 1. The number of piperidine rings is 1. The number of aromatic nitrogens is 2. The van der Waals surface area contributed by atoms with Crippen molar-refractivity contribution in [2.45, 2.75) is 32.5 Å². The number of hydrogen-bond donors (Lipinski definition) is 1. The maximum atomic E-state index is 11.5. The molecule has 4 rings (SSSR count). The SMILES string of the molecule is Cn1cc(CN2CCOc3ccc(CN4CCCC(C(N)=O)C4)cc3C2)cn1. The average molecular weight is 383 g/mol. The molecule has 7 nitrogen and oxygen atoms in total. The summed E-state index contributed by atoms with van der Waals surface area (Å²) in [5.41, 5.74) is 9.22. The highest BCUT2D eigenvalue weighted by Crippen LogP contribution is 2.26. The predicted octanol–water partition coefficient (Wildman–Crippen LogP) is 1.51. The zero-order chi connectivity index (χ0) is 19.5. The maximum Gasteiger partial charge on any atom is 0.221 e. The van der Waals surface area contributed by atoms with Crippen molar-refractivity contribution in [3.63, 3.8) is 0 Å². The molecule has 2 N–H and O–H groups in total. The Bertz CT molecular complexity index is 834. The molecule has 0 spiro atoms. The third-order valence-corrected chi connectivity index (χ3v) is 5.66. The Morgan fingerprint density at radius 2 is 2.11 bits per heavy atom. The van der Waals surface area contributed by atoms with Crippen molar-refractivity contribution in [3.05, 3.63) is 47.3 Å². The normalized spacial score (nSPS) is 21.0. The Morgan fingerprint density at radius 1 is 1.25 bits per heavy atom. The molecule has 1 unspecified atom stereocenters. The van der Waals surface area contributed by atoms with E-state index < -0.39 is 0 Å². The highest BCUT2D eigenvalue weighted by Gasteiger charge is 2.24. The third kappa shape index (κ3) is 4.54. The molecule has 2 aromatic rings. The van der Waals surface area contributed by atoms with Crippen molar-refractivity contribution < 1.29 is 9.53 Å². The van der Waals surface area contributed by atoms with Gasteiger partial charge >= 0.3 is 0 Å². The van der Waals surface area contributed by atoms with Crippen LogP contribution in [0.5, 0.6) is 5.75 Å². The van der Waals surface area contributed by atoms with Crippen molar-refractivity contribution in [1.82, 2.24) is 19.6 Å². The van der Waals surface area contributed by atoms with E-state index in [1.54, 1.807) is 0 Å². The second-order valence-corrected chi connectivity index (χ2v) is 8.00. The van der Waals surface area contributed by atoms with Crippen molar-refractivity contribution in [2.24, 2.45) is 18.7 Å². The summed E-state index contributed by atoms with van der Waals surface area (Å²) >= 11 is 0. The number of likely N-dealkylation sites (tertiary alicyclic amines) is 1. The van der Waals surface area contributed by atoms with Gasteiger partial charge in [0.2, 0.25) is 5.91 Å². The summed E-state index contributed by atoms with van der Waals surface area (Å²) in [6.45, 7) is 5.94. The van der Waals surface area contributed by atoms with Gasteiger partial charge in [0.15, 0.2) is 0 Å². The molecular weight excluding hydrogens is 354 g/mol. The first kappa shape index (κ1) is 19.0. The third-order valence-electron chi connectivity index (χ3n) is 5.66. The summed E-state index contributed by atoms with van der Waals surface area (Å²) in [5.74, 6) is 0.782. The van der Waals surface area contributed by atoms with E-state index in [0.717, 1.165) is 57.9 Å². The lowest BCUT2D eigenvalue weighted by Crippen LogP contribution is -2.40. The minimum absolute atomic E-state index is 0.0205. The standard InChI is InChI=1S/C21H29N5O2/c1-24-11-17(10-23-24)13-26-7-8-28-20-5-4-16(9-19(20)15-26)12-25-6-2-3-18(14-25)21(22)27/h4-5,9-11,18H,2-3,6-8,12-15H2,1H3,(H2,22,27). The molecule has 7 heteroatoms. The number of amides is 1. The molecule has 150 valence electrons. The number of fused-ring (bicyclic) bond motifs is 1. The van der Waals surface area contributed by atoms with Gasteiger partial charge in [0.05, 0.1) is 12.1 Å². The summed E-state index contributed by atoms with van der Waals surface area (Å²) in [5, 5.41) is 4.27. The van der Waals surface area contributed by atoms with Gasteiger partial charge in [-0.15, -0.1) is 0 Å². The minimum atomic E-state index is -0.175. The smallest absolute Gasteiger partial charge is 0.221 e. The molecule has 0 bridgehead atoms. The molecule has 1 aromatic carbocycles. The Labute approximate surface area is 166 Å². The molecule has 1 saturated heterocycles. The number of aryl methyl sites for hydroxylation is 1. The van der Waals surface area contributed by atoms with Crippen LogP contribution in [0.15, 0.2) is 30.6 Å². The second kappa shape index (κ2) is 8.32. The average Bonchev–Trinajstić information content (AvgIpc) is 2.97. The van der Waals surface area contributed by atoms with Crippen LogP contribution < -0.4 is 10.5 Å². The molecule has 28 heavy (non-hydrogen) atoms. The molecule has 0 aliphatic carbocycles. The fourth-order valence-corrected chi connectivity index (χ4v) is 4.24. The van der Waals surface area contributed by atoms with E-state index in [1.165, 1.54) is 16.7 Å². The Kier molecular flexibility index (Phi) is 5.64. The van der Waals surface area contributed by atoms with Crippen molar-refractivity contribution in [3.8, 4) is 5.75 Å². The number of carbonyl (C=O) groups excluding carboxylic acids is 1. The van der Waals surface area contributed by atoms with E-state index in [1.807, 2.05) is 17.9 Å². The highest BCUT2D eigenvalue weighted by atomic mass is 16.5. The van der Waals surface area contributed by atoms with Crippen molar-refractivity contribution in [2.75, 3.05) is 26.2 Å². The zero-order valence-corrected chi connectivity index (χ0v) is 16.5. The predicted molar refractivity (Wildman–Crippen MR) is 106 cm³/mol. The maximum absolute atomic E-state index is 11.5. The van der Waals surface area contributed by atoms with Crippen LogP contribution >= 0.6 is 0 Å². The number of nitrogens with zero attached hydrogens (tertiary/aromatic N) is 4. The number of nitrogens with two attached hydrogens (primary N) is 1. The number of rotatable bonds is 5. The van der Waals surface area contributed by atoms with Gasteiger partial charge in [0, 0.05) is 57.1 Å². The molecule has 2 aliphatic heterocycles. The first-order valence-electron chi connectivity index (χ1n) is 10.0. The highest BCUT2D eigenvalue weighted by molar-refractivity contribution is 5.76. The van der Waals surface area contributed by atoms with Gasteiger partial charge in [-0.25, -0.2) is 0 Å². The number of hydrogen-bond acceptors (Lipinski definition) is 5. The van der Waals surface area contributed by atoms with Crippen LogP contribution in [0.3, 0.4) is 0 Å². The van der Waals surface area contributed by atoms with E-state index in [4.69, 9.17) is 10.5 Å². The molecule has 1 aromatic heterocycles. The summed E-state index contributed by atoms with van der Waals surface area (Å²) in [4.78, 5) is 16.3. The lowest BCUT2D eigenvalue weighted by Gasteiger charge is -2.31. The van der Waals surface area contributed by atoms with Gasteiger partial charge in [0.25, 0.3) is 0 Å².